The van der Waals surface area contributed by atoms with E-state index in [0.717, 1.165) is 0 Å². The smallest absolute Gasteiger partial charge is 0.340 e. The van der Waals surface area contributed by atoms with E-state index in [1.54, 1.807) is 0 Å². The van der Waals surface area contributed by atoms with Crippen molar-refractivity contribution in [1.29, 1.82) is 0 Å². The molecule has 0 atom stereocenters. The molecule has 0 fully saturated rings. The van der Waals surface area contributed by atoms with Crippen molar-refractivity contribution in [3.8, 4) is 0 Å². The first-order valence-corrected chi connectivity index (χ1v) is 2.83. The average molecular weight is 166 g/mol. The molecule has 6 heteroatoms. The zero-order valence-electron chi connectivity index (χ0n) is 5.64. The normalized spacial score (nSPS) is 12.0. The fourth-order valence-electron chi connectivity index (χ4n) is 0.592. The molecule has 0 aliphatic heterocycles. The lowest BCUT2D eigenvalue weighted by Crippen LogP contribution is -2.12. The van der Waals surface area contributed by atoms with Gasteiger partial charge in [0.15, 0.2) is 5.82 Å². The SMILES string of the molecule is Cc1nc(CC(F)(F)F)no1. The highest BCUT2D eigenvalue weighted by Crippen LogP contribution is 2.19. The second-order valence-electron chi connectivity index (χ2n) is 2.02. The Balaban J connectivity index is 2.65. The number of alkyl halides is 3. The van der Waals surface area contributed by atoms with E-state index in [0.29, 0.717) is 0 Å². The molecule has 0 radical (unpaired) electrons. The average Bonchev–Trinajstić information content (AvgIpc) is 2.10. The summed E-state index contributed by atoms with van der Waals surface area (Å²) in [6.45, 7) is 1.44. The van der Waals surface area contributed by atoms with Gasteiger partial charge >= 0.3 is 6.18 Å². The Bertz CT molecular complexity index is 242. The van der Waals surface area contributed by atoms with Gasteiger partial charge in [-0.25, -0.2) is 0 Å². The molecular weight excluding hydrogens is 161 g/mol. The lowest BCUT2D eigenvalue weighted by molar-refractivity contribution is -0.128. The Morgan fingerprint density at radius 1 is 1.45 bits per heavy atom. The van der Waals surface area contributed by atoms with E-state index in [1.165, 1.54) is 6.92 Å². The second-order valence-corrected chi connectivity index (χ2v) is 2.02. The summed E-state index contributed by atoms with van der Waals surface area (Å²) in [6, 6.07) is 0. The summed E-state index contributed by atoms with van der Waals surface area (Å²) in [5.74, 6) is -0.181. The zero-order valence-corrected chi connectivity index (χ0v) is 5.64. The van der Waals surface area contributed by atoms with Gasteiger partial charge in [-0.1, -0.05) is 5.16 Å². The minimum absolute atomic E-state index is 0.143. The maximum Gasteiger partial charge on any atom is 0.396 e. The van der Waals surface area contributed by atoms with Crippen molar-refractivity contribution in [2.75, 3.05) is 0 Å². The molecule has 0 N–H and O–H groups in total. The summed E-state index contributed by atoms with van der Waals surface area (Å²) in [5, 5.41) is 3.10. The van der Waals surface area contributed by atoms with Crippen molar-refractivity contribution >= 4 is 0 Å². The van der Waals surface area contributed by atoms with Crippen molar-refractivity contribution in [2.45, 2.75) is 19.5 Å². The highest BCUT2D eigenvalue weighted by Gasteiger charge is 2.30. The minimum Gasteiger partial charge on any atom is -0.340 e. The number of aromatic nitrogens is 2. The van der Waals surface area contributed by atoms with Crippen molar-refractivity contribution in [3.05, 3.63) is 11.7 Å². The van der Waals surface area contributed by atoms with Gasteiger partial charge in [-0.3, -0.25) is 0 Å². The minimum atomic E-state index is -4.27. The van der Waals surface area contributed by atoms with Crippen LogP contribution < -0.4 is 0 Å². The van der Waals surface area contributed by atoms with Crippen LogP contribution in [0.5, 0.6) is 0 Å². The summed E-state index contributed by atoms with van der Waals surface area (Å²) >= 11 is 0. The molecule has 0 spiro atoms. The molecule has 0 aliphatic carbocycles. The van der Waals surface area contributed by atoms with Gasteiger partial charge in [-0.2, -0.15) is 18.2 Å². The van der Waals surface area contributed by atoms with Gasteiger partial charge in [0.2, 0.25) is 5.89 Å². The van der Waals surface area contributed by atoms with Crippen molar-refractivity contribution < 1.29 is 17.7 Å². The molecule has 0 saturated carbocycles. The third kappa shape index (κ3) is 2.57. The van der Waals surface area contributed by atoms with Crippen LogP contribution in [0.4, 0.5) is 13.2 Å². The number of nitrogens with zero attached hydrogens (tertiary/aromatic N) is 2. The first-order valence-electron chi connectivity index (χ1n) is 2.83. The Morgan fingerprint density at radius 2 is 2.09 bits per heavy atom. The van der Waals surface area contributed by atoms with E-state index in [-0.39, 0.29) is 11.7 Å². The quantitative estimate of drug-likeness (QED) is 0.634. The van der Waals surface area contributed by atoms with Crippen LogP contribution in [0.1, 0.15) is 11.7 Å². The maximum atomic E-state index is 11.6. The predicted molar refractivity (Wildman–Crippen MR) is 28.8 cm³/mol. The second kappa shape index (κ2) is 2.52. The number of halogens is 3. The van der Waals surface area contributed by atoms with E-state index in [2.05, 4.69) is 14.7 Å². The van der Waals surface area contributed by atoms with Gasteiger partial charge in [-0.15, -0.1) is 0 Å². The third-order valence-electron chi connectivity index (χ3n) is 0.928. The number of aryl methyl sites for hydroxylation is 1. The molecule has 62 valence electrons. The van der Waals surface area contributed by atoms with Gasteiger partial charge in [0.25, 0.3) is 0 Å². The first kappa shape index (κ1) is 8.03. The molecule has 1 aromatic heterocycles. The highest BCUT2D eigenvalue weighted by atomic mass is 19.4. The van der Waals surface area contributed by atoms with Gasteiger partial charge in [-0.05, 0) is 0 Å². The van der Waals surface area contributed by atoms with Crippen molar-refractivity contribution in [2.24, 2.45) is 0 Å². The number of hydrogen-bond donors (Lipinski definition) is 0. The lowest BCUT2D eigenvalue weighted by atomic mass is 10.4. The Labute approximate surface area is 60.2 Å². The Kier molecular flexibility index (Phi) is 1.84. The van der Waals surface area contributed by atoms with Gasteiger partial charge in [0.1, 0.15) is 6.42 Å². The summed E-state index contributed by atoms with van der Waals surface area (Å²) in [6.07, 6.45) is -5.40. The van der Waals surface area contributed by atoms with Crippen LogP contribution in [-0.4, -0.2) is 16.3 Å². The fraction of sp³-hybridized carbons (Fsp3) is 0.600. The Morgan fingerprint density at radius 3 is 2.45 bits per heavy atom. The van der Waals surface area contributed by atoms with Crippen LogP contribution >= 0.6 is 0 Å². The molecule has 0 amide bonds. The molecule has 0 aromatic carbocycles. The molecule has 1 aromatic rings. The van der Waals surface area contributed by atoms with Crippen molar-refractivity contribution in [1.82, 2.24) is 10.1 Å². The summed E-state index contributed by atoms with van der Waals surface area (Å²) in [5.41, 5.74) is 0. The van der Waals surface area contributed by atoms with Crippen LogP contribution in [0.25, 0.3) is 0 Å². The molecule has 0 bridgehead atoms. The van der Waals surface area contributed by atoms with Crippen LogP contribution in [0.3, 0.4) is 0 Å². The summed E-state index contributed by atoms with van der Waals surface area (Å²) < 4.78 is 39.2. The topological polar surface area (TPSA) is 38.9 Å². The fourth-order valence-corrected chi connectivity index (χ4v) is 0.592. The first-order chi connectivity index (χ1) is 4.97. The van der Waals surface area contributed by atoms with Crippen LogP contribution in [0, 0.1) is 6.92 Å². The molecular formula is C5H5F3N2O. The number of rotatable bonds is 1. The van der Waals surface area contributed by atoms with Crippen LogP contribution in [0.15, 0.2) is 4.52 Å². The van der Waals surface area contributed by atoms with Gasteiger partial charge in [0.05, 0.1) is 0 Å². The molecule has 0 unspecified atom stereocenters. The monoisotopic (exact) mass is 166 g/mol. The highest BCUT2D eigenvalue weighted by molar-refractivity contribution is 4.86. The maximum absolute atomic E-state index is 11.6. The molecule has 11 heavy (non-hydrogen) atoms. The van der Waals surface area contributed by atoms with Crippen LogP contribution in [0.2, 0.25) is 0 Å². The van der Waals surface area contributed by atoms with E-state index < -0.39 is 12.6 Å². The lowest BCUT2D eigenvalue weighted by Gasteiger charge is -1.99. The molecule has 1 heterocycles. The van der Waals surface area contributed by atoms with E-state index >= 15 is 0 Å². The van der Waals surface area contributed by atoms with Crippen LogP contribution in [-0.2, 0) is 6.42 Å². The molecule has 1 rings (SSSR count). The summed E-state index contributed by atoms with van der Waals surface area (Å²) in [7, 11) is 0. The standard InChI is InChI=1S/C5H5F3N2O/c1-3-9-4(10-11-3)2-5(6,7)8/h2H2,1H3. The van der Waals surface area contributed by atoms with Gasteiger partial charge < -0.3 is 4.52 Å². The van der Waals surface area contributed by atoms with E-state index in [4.69, 9.17) is 0 Å². The largest absolute Gasteiger partial charge is 0.396 e. The number of hydrogen-bond acceptors (Lipinski definition) is 3. The summed E-state index contributed by atoms with van der Waals surface area (Å²) in [4.78, 5) is 3.40. The molecule has 0 aliphatic rings. The zero-order chi connectivity index (χ0) is 8.48. The van der Waals surface area contributed by atoms with Gasteiger partial charge in [0, 0.05) is 6.92 Å². The molecule has 0 saturated heterocycles. The van der Waals surface area contributed by atoms with Crippen molar-refractivity contribution in [3.63, 3.8) is 0 Å². The van der Waals surface area contributed by atoms with E-state index in [1.807, 2.05) is 0 Å². The molecule has 3 nitrogen and oxygen atoms in total. The third-order valence-corrected chi connectivity index (χ3v) is 0.928. The Hall–Kier alpha value is -1.07. The van der Waals surface area contributed by atoms with E-state index in [9.17, 15) is 13.2 Å². The predicted octanol–water partition coefficient (Wildman–Crippen LogP) is 1.48.